The van der Waals surface area contributed by atoms with Crippen molar-refractivity contribution in [2.45, 2.75) is 39.7 Å². The monoisotopic (exact) mass is 304 g/mol. The summed E-state index contributed by atoms with van der Waals surface area (Å²) in [6.45, 7) is 7.65. The van der Waals surface area contributed by atoms with Crippen LogP contribution < -0.4 is 5.73 Å². The highest BCUT2D eigenvalue weighted by Gasteiger charge is 2.36. The third-order valence-electron chi connectivity index (χ3n) is 3.68. The highest BCUT2D eigenvalue weighted by Crippen LogP contribution is 2.29. The van der Waals surface area contributed by atoms with E-state index in [1.807, 2.05) is 11.8 Å². The topological polar surface area (TPSA) is 72.1 Å². The van der Waals surface area contributed by atoms with E-state index < -0.39 is 0 Å². The second-order valence-electron chi connectivity index (χ2n) is 5.51. The minimum absolute atomic E-state index is 0. The van der Waals surface area contributed by atoms with Gasteiger partial charge in [-0.15, -0.1) is 17.5 Å². The molecule has 2 rings (SSSR count). The minimum atomic E-state index is -0.0294. The molecular weight excluding hydrogens is 284 g/mol. The standard InChI is InChI=1S/C12H20N4OS.ClH/c1-4-8-10(18-15-14-8)11(17)16-6-5-9(13)12(2,3)7-16;/h9H,4-7,13H2,1-3H3;1H. The van der Waals surface area contributed by atoms with E-state index >= 15 is 0 Å². The van der Waals surface area contributed by atoms with Crippen LogP contribution >= 0.6 is 23.9 Å². The van der Waals surface area contributed by atoms with Crippen molar-refractivity contribution in [3.63, 3.8) is 0 Å². The van der Waals surface area contributed by atoms with E-state index in [1.54, 1.807) is 0 Å². The van der Waals surface area contributed by atoms with Gasteiger partial charge in [0.2, 0.25) is 0 Å². The van der Waals surface area contributed by atoms with E-state index in [9.17, 15) is 4.79 Å². The molecule has 19 heavy (non-hydrogen) atoms. The van der Waals surface area contributed by atoms with Crippen LogP contribution in [0.4, 0.5) is 0 Å². The van der Waals surface area contributed by atoms with Crippen molar-refractivity contribution < 1.29 is 4.79 Å². The van der Waals surface area contributed by atoms with Crippen molar-refractivity contribution in [3.8, 4) is 0 Å². The van der Waals surface area contributed by atoms with E-state index in [2.05, 4.69) is 23.4 Å². The zero-order valence-corrected chi connectivity index (χ0v) is 13.2. The van der Waals surface area contributed by atoms with Crippen LogP contribution in [0.5, 0.6) is 0 Å². The SMILES string of the molecule is CCc1nnsc1C(=O)N1CCC(N)C(C)(C)C1.Cl. The summed E-state index contributed by atoms with van der Waals surface area (Å²) in [5.41, 5.74) is 6.86. The Morgan fingerprint density at radius 2 is 2.26 bits per heavy atom. The molecule has 1 amide bonds. The summed E-state index contributed by atoms with van der Waals surface area (Å²) in [6.07, 6.45) is 1.60. The maximum absolute atomic E-state index is 12.5. The Hall–Kier alpha value is -0.720. The number of hydrogen-bond donors (Lipinski definition) is 1. The molecule has 1 fully saturated rings. The average molecular weight is 305 g/mol. The first kappa shape index (κ1) is 16.3. The van der Waals surface area contributed by atoms with Gasteiger partial charge < -0.3 is 10.6 Å². The number of likely N-dealkylation sites (tertiary alicyclic amines) is 1. The molecule has 1 aliphatic rings. The molecule has 2 N–H and O–H groups in total. The van der Waals surface area contributed by atoms with Gasteiger partial charge in [0.15, 0.2) is 0 Å². The zero-order chi connectivity index (χ0) is 13.3. The number of halogens is 1. The first-order chi connectivity index (χ1) is 8.45. The molecule has 0 spiro atoms. The van der Waals surface area contributed by atoms with E-state index in [4.69, 9.17) is 5.73 Å². The Morgan fingerprint density at radius 1 is 1.58 bits per heavy atom. The first-order valence-corrected chi connectivity index (χ1v) is 7.09. The summed E-state index contributed by atoms with van der Waals surface area (Å²) in [5, 5.41) is 4.00. The van der Waals surface area contributed by atoms with Crippen molar-refractivity contribution in [1.29, 1.82) is 0 Å². The van der Waals surface area contributed by atoms with Crippen LogP contribution in [-0.4, -0.2) is 39.5 Å². The molecule has 2 heterocycles. The van der Waals surface area contributed by atoms with Crippen molar-refractivity contribution in [3.05, 3.63) is 10.6 Å². The fourth-order valence-corrected chi connectivity index (χ4v) is 3.01. The fourth-order valence-electron chi connectivity index (χ4n) is 2.29. The lowest BCUT2D eigenvalue weighted by Crippen LogP contribution is -2.54. The van der Waals surface area contributed by atoms with Crippen LogP contribution in [0, 0.1) is 5.41 Å². The predicted octanol–water partition coefficient (Wildman–Crippen LogP) is 1.72. The molecule has 0 aliphatic carbocycles. The van der Waals surface area contributed by atoms with Crippen LogP contribution in [0.2, 0.25) is 0 Å². The molecular formula is C12H21ClN4OS. The molecule has 0 bridgehead atoms. The second kappa shape index (κ2) is 6.15. The lowest BCUT2D eigenvalue weighted by Gasteiger charge is -2.42. The number of rotatable bonds is 2. The van der Waals surface area contributed by atoms with Crippen LogP contribution in [-0.2, 0) is 6.42 Å². The van der Waals surface area contributed by atoms with Gasteiger partial charge in [0.1, 0.15) is 4.88 Å². The molecule has 1 atom stereocenters. The van der Waals surface area contributed by atoms with Gasteiger partial charge in [-0.25, -0.2) is 0 Å². The summed E-state index contributed by atoms with van der Waals surface area (Å²) in [6, 6.07) is 0.159. The molecule has 1 aliphatic heterocycles. The largest absolute Gasteiger partial charge is 0.337 e. The summed E-state index contributed by atoms with van der Waals surface area (Å²) in [4.78, 5) is 15.0. The molecule has 1 unspecified atom stereocenters. The van der Waals surface area contributed by atoms with Gasteiger partial charge in [-0.05, 0) is 29.8 Å². The summed E-state index contributed by atoms with van der Waals surface area (Å²) >= 11 is 1.19. The van der Waals surface area contributed by atoms with Gasteiger partial charge in [0.05, 0.1) is 5.69 Å². The Bertz CT molecular complexity index is 449. The van der Waals surface area contributed by atoms with Gasteiger partial charge in [-0.2, -0.15) is 0 Å². The molecule has 5 nitrogen and oxygen atoms in total. The summed E-state index contributed by atoms with van der Waals surface area (Å²) in [5.74, 6) is 0.0572. The highest BCUT2D eigenvalue weighted by atomic mass is 35.5. The smallest absolute Gasteiger partial charge is 0.267 e. The summed E-state index contributed by atoms with van der Waals surface area (Å²) < 4.78 is 3.88. The maximum Gasteiger partial charge on any atom is 0.267 e. The second-order valence-corrected chi connectivity index (χ2v) is 6.27. The Kier molecular flexibility index (Phi) is 5.29. The van der Waals surface area contributed by atoms with E-state index in [0.29, 0.717) is 11.4 Å². The van der Waals surface area contributed by atoms with E-state index in [0.717, 1.165) is 25.1 Å². The zero-order valence-electron chi connectivity index (χ0n) is 11.5. The third-order valence-corrected chi connectivity index (χ3v) is 4.44. The molecule has 0 saturated carbocycles. The number of nitrogens with zero attached hydrogens (tertiary/aromatic N) is 3. The van der Waals surface area contributed by atoms with E-state index in [-0.39, 0.29) is 29.8 Å². The van der Waals surface area contributed by atoms with Crippen LogP contribution in [0.25, 0.3) is 0 Å². The van der Waals surface area contributed by atoms with Gasteiger partial charge in [0, 0.05) is 19.1 Å². The number of amides is 1. The molecule has 1 saturated heterocycles. The number of nitrogens with two attached hydrogens (primary N) is 1. The van der Waals surface area contributed by atoms with Gasteiger partial charge in [-0.3, -0.25) is 4.79 Å². The quantitative estimate of drug-likeness (QED) is 0.903. The highest BCUT2D eigenvalue weighted by molar-refractivity contribution is 7.08. The number of aromatic nitrogens is 2. The van der Waals surface area contributed by atoms with Crippen molar-refractivity contribution in [2.24, 2.45) is 11.1 Å². The summed E-state index contributed by atoms with van der Waals surface area (Å²) in [7, 11) is 0. The predicted molar refractivity (Wildman–Crippen MR) is 78.8 cm³/mol. The molecule has 1 aromatic rings. The lowest BCUT2D eigenvalue weighted by atomic mass is 9.79. The van der Waals surface area contributed by atoms with Crippen molar-refractivity contribution >= 4 is 29.8 Å². The Morgan fingerprint density at radius 3 is 2.84 bits per heavy atom. The van der Waals surface area contributed by atoms with Crippen molar-refractivity contribution in [2.75, 3.05) is 13.1 Å². The third kappa shape index (κ3) is 3.24. The lowest BCUT2D eigenvalue weighted by molar-refractivity contribution is 0.0536. The number of carbonyl (C=O) groups excluding carboxylic acids is 1. The fraction of sp³-hybridized carbons (Fsp3) is 0.750. The number of hydrogen-bond acceptors (Lipinski definition) is 5. The first-order valence-electron chi connectivity index (χ1n) is 6.31. The number of carbonyl (C=O) groups is 1. The molecule has 1 aromatic heterocycles. The number of aryl methyl sites for hydroxylation is 1. The normalized spacial score (nSPS) is 21.9. The Labute approximate surface area is 124 Å². The van der Waals surface area contributed by atoms with Gasteiger partial charge in [-0.1, -0.05) is 25.3 Å². The minimum Gasteiger partial charge on any atom is -0.337 e. The van der Waals surface area contributed by atoms with Gasteiger partial charge >= 0.3 is 0 Å². The number of piperidine rings is 1. The van der Waals surface area contributed by atoms with Crippen LogP contribution in [0.1, 0.15) is 42.6 Å². The molecule has 108 valence electrons. The molecule has 0 aromatic carbocycles. The van der Waals surface area contributed by atoms with Crippen LogP contribution in [0.15, 0.2) is 0 Å². The average Bonchev–Trinajstić information content (AvgIpc) is 2.79. The van der Waals surface area contributed by atoms with Gasteiger partial charge in [0.25, 0.3) is 5.91 Å². The molecule has 7 heteroatoms. The maximum atomic E-state index is 12.5. The van der Waals surface area contributed by atoms with Crippen LogP contribution in [0.3, 0.4) is 0 Å². The molecule has 0 radical (unpaired) electrons. The van der Waals surface area contributed by atoms with E-state index in [1.165, 1.54) is 11.5 Å². The van der Waals surface area contributed by atoms with Crippen molar-refractivity contribution in [1.82, 2.24) is 14.5 Å². The Balaban J connectivity index is 0.00000180.